The van der Waals surface area contributed by atoms with Gasteiger partial charge < -0.3 is 9.47 Å². The molecule has 0 spiro atoms. The molecule has 0 atom stereocenters. The predicted octanol–water partition coefficient (Wildman–Crippen LogP) is 3.07. The van der Waals surface area contributed by atoms with Crippen molar-refractivity contribution in [3.63, 3.8) is 0 Å². The molecule has 154 valence electrons. The molecule has 0 aliphatic rings. The Kier molecular flexibility index (Phi) is 8.42. The Hall–Kier alpha value is -3.13. The van der Waals surface area contributed by atoms with Gasteiger partial charge in [0.05, 0.1) is 13.2 Å². The third-order valence-corrected chi connectivity index (χ3v) is 3.83. The largest absolute Gasteiger partial charge is 0.494 e. The van der Waals surface area contributed by atoms with Gasteiger partial charge in [-0.25, -0.2) is 0 Å². The van der Waals surface area contributed by atoms with Crippen LogP contribution in [0.3, 0.4) is 0 Å². The first-order valence-electron chi connectivity index (χ1n) is 9.26. The number of amides is 2. The summed E-state index contributed by atoms with van der Waals surface area (Å²) in [6.07, 6.45) is 0. The molecule has 2 amide bonds. The van der Waals surface area contributed by atoms with Crippen molar-refractivity contribution >= 4 is 29.1 Å². The van der Waals surface area contributed by atoms with Crippen molar-refractivity contribution in [3.8, 4) is 11.5 Å². The Morgan fingerprint density at radius 1 is 0.931 bits per heavy atom. The minimum atomic E-state index is -0.412. The highest BCUT2D eigenvalue weighted by molar-refractivity contribution is 7.80. The summed E-state index contributed by atoms with van der Waals surface area (Å²) in [4.78, 5) is 24.4. The van der Waals surface area contributed by atoms with Crippen LogP contribution in [0.4, 0.5) is 0 Å². The van der Waals surface area contributed by atoms with E-state index in [2.05, 4.69) is 30.0 Å². The number of hydrogen-bond donors (Lipinski definition) is 3. The van der Waals surface area contributed by atoms with Crippen LogP contribution in [0.2, 0.25) is 0 Å². The van der Waals surface area contributed by atoms with Crippen LogP contribution in [0.15, 0.2) is 48.5 Å². The van der Waals surface area contributed by atoms with Crippen LogP contribution in [0.25, 0.3) is 0 Å². The predicted molar refractivity (Wildman–Crippen MR) is 115 cm³/mol. The Bertz CT molecular complexity index is 853. The number of carbonyl (C=O) groups excluding carboxylic acids is 2. The Labute approximate surface area is 175 Å². The van der Waals surface area contributed by atoms with Gasteiger partial charge in [0.15, 0.2) is 5.11 Å². The average molecular weight is 416 g/mol. The van der Waals surface area contributed by atoms with Gasteiger partial charge >= 0.3 is 0 Å². The molecule has 7 nitrogen and oxygen atoms in total. The molecular formula is C21H25N3O4S. The number of carbonyl (C=O) groups is 2. The number of thiocarbonyl (C=S) groups is 1. The molecule has 2 aromatic carbocycles. The summed E-state index contributed by atoms with van der Waals surface area (Å²) in [6, 6.07) is 13.5. The number of hydrazine groups is 1. The van der Waals surface area contributed by atoms with Gasteiger partial charge in [0.2, 0.25) is 0 Å². The van der Waals surface area contributed by atoms with E-state index in [1.165, 1.54) is 0 Å². The van der Waals surface area contributed by atoms with Gasteiger partial charge in [0, 0.05) is 11.1 Å². The molecule has 3 N–H and O–H groups in total. The molecule has 2 aromatic rings. The zero-order chi connectivity index (χ0) is 21.2. The summed E-state index contributed by atoms with van der Waals surface area (Å²) in [7, 11) is 0. The van der Waals surface area contributed by atoms with Crippen LogP contribution in [0, 0.1) is 5.92 Å². The van der Waals surface area contributed by atoms with E-state index >= 15 is 0 Å². The lowest BCUT2D eigenvalue weighted by Gasteiger charge is -2.12. The van der Waals surface area contributed by atoms with E-state index < -0.39 is 11.8 Å². The first-order valence-corrected chi connectivity index (χ1v) is 9.67. The monoisotopic (exact) mass is 415 g/mol. The molecule has 0 aliphatic carbocycles. The van der Waals surface area contributed by atoms with Crippen molar-refractivity contribution in [1.82, 2.24) is 16.2 Å². The van der Waals surface area contributed by atoms with Gasteiger partial charge in [-0.05, 0) is 67.5 Å². The van der Waals surface area contributed by atoms with E-state index in [0.717, 1.165) is 0 Å². The van der Waals surface area contributed by atoms with E-state index in [4.69, 9.17) is 21.7 Å². The Balaban J connectivity index is 1.83. The highest BCUT2D eigenvalue weighted by Gasteiger charge is 2.11. The van der Waals surface area contributed by atoms with E-state index in [1.807, 2.05) is 6.92 Å². The summed E-state index contributed by atoms with van der Waals surface area (Å²) in [6.45, 7) is 7.09. The van der Waals surface area contributed by atoms with Gasteiger partial charge in [-0.1, -0.05) is 19.9 Å². The van der Waals surface area contributed by atoms with Crippen molar-refractivity contribution in [3.05, 3.63) is 59.7 Å². The molecule has 0 radical (unpaired) electrons. The standard InChI is InChI=1S/C21H25N3O4S/c1-4-27-18-7-5-6-16(12-18)19(25)22-21(29)24-23-20(26)15-8-10-17(11-9-15)28-13-14(2)3/h5-12,14H,4,13H2,1-3H3,(H,23,26)(H2,22,24,25,29). The summed E-state index contributed by atoms with van der Waals surface area (Å²) in [5, 5.41) is 2.47. The lowest BCUT2D eigenvalue weighted by Crippen LogP contribution is -2.48. The quantitative estimate of drug-likeness (QED) is 0.476. The average Bonchev–Trinajstić information content (AvgIpc) is 2.71. The van der Waals surface area contributed by atoms with Gasteiger partial charge in [-0.15, -0.1) is 0 Å². The summed E-state index contributed by atoms with van der Waals surface area (Å²) in [5.41, 5.74) is 5.78. The van der Waals surface area contributed by atoms with Gasteiger partial charge in [0.25, 0.3) is 11.8 Å². The third kappa shape index (κ3) is 7.42. The van der Waals surface area contributed by atoms with Gasteiger partial charge in [-0.3, -0.25) is 25.8 Å². The molecule has 0 aromatic heterocycles. The topological polar surface area (TPSA) is 88.7 Å². The fraction of sp³-hybridized carbons (Fsp3) is 0.286. The second-order valence-electron chi connectivity index (χ2n) is 6.55. The molecule has 0 unspecified atom stereocenters. The van der Waals surface area contributed by atoms with Crippen LogP contribution in [-0.4, -0.2) is 30.1 Å². The van der Waals surface area contributed by atoms with Crippen molar-refractivity contribution in [2.24, 2.45) is 5.92 Å². The maximum absolute atomic E-state index is 12.3. The zero-order valence-electron chi connectivity index (χ0n) is 16.7. The van der Waals surface area contributed by atoms with Crippen LogP contribution in [-0.2, 0) is 0 Å². The van der Waals surface area contributed by atoms with Crippen LogP contribution >= 0.6 is 12.2 Å². The van der Waals surface area contributed by atoms with E-state index in [0.29, 0.717) is 41.8 Å². The van der Waals surface area contributed by atoms with E-state index in [9.17, 15) is 9.59 Å². The lowest BCUT2D eigenvalue weighted by atomic mass is 10.2. The van der Waals surface area contributed by atoms with Crippen molar-refractivity contribution in [2.75, 3.05) is 13.2 Å². The Morgan fingerprint density at radius 3 is 2.31 bits per heavy atom. The second kappa shape index (κ2) is 11.0. The van der Waals surface area contributed by atoms with Crippen molar-refractivity contribution < 1.29 is 19.1 Å². The molecule has 0 saturated heterocycles. The molecule has 2 rings (SSSR count). The third-order valence-electron chi connectivity index (χ3n) is 3.62. The number of hydrogen-bond acceptors (Lipinski definition) is 5. The first kappa shape index (κ1) is 22.2. The molecule has 8 heteroatoms. The Morgan fingerprint density at radius 2 is 1.66 bits per heavy atom. The van der Waals surface area contributed by atoms with Crippen LogP contribution < -0.4 is 25.6 Å². The minimum Gasteiger partial charge on any atom is -0.494 e. The van der Waals surface area contributed by atoms with Crippen LogP contribution in [0.5, 0.6) is 11.5 Å². The van der Waals surface area contributed by atoms with E-state index in [1.54, 1.807) is 48.5 Å². The molecule has 0 fully saturated rings. The molecule has 29 heavy (non-hydrogen) atoms. The SMILES string of the molecule is CCOc1cccc(C(=O)NC(=S)NNC(=O)c2ccc(OCC(C)C)cc2)c1. The maximum Gasteiger partial charge on any atom is 0.269 e. The van der Waals surface area contributed by atoms with Gasteiger partial charge in [-0.2, -0.15) is 0 Å². The number of nitrogens with one attached hydrogen (secondary N) is 3. The zero-order valence-corrected chi connectivity index (χ0v) is 17.5. The molecule has 0 bridgehead atoms. The van der Waals surface area contributed by atoms with E-state index in [-0.39, 0.29) is 5.11 Å². The normalized spacial score (nSPS) is 10.2. The summed E-state index contributed by atoms with van der Waals surface area (Å²) < 4.78 is 11.0. The molecule has 0 heterocycles. The highest BCUT2D eigenvalue weighted by Crippen LogP contribution is 2.14. The highest BCUT2D eigenvalue weighted by atomic mass is 32.1. The first-order chi connectivity index (χ1) is 13.9. The second-order valence-corrected chi connectivity index (χ2v) is 6.96. The molecule has 0 aliphatic heterocycles. The fourth-order valence-electron chi connectivity index (χ4n) is 2.25. The lowest BCUT2D eigenvalue weighted by molar-refractivity contribution is 0.0934. The number of ether oxygens (including phenoxy) is 2. The molecule has 0 saturated carbocycles. The maximum atomic E-state index is 12.3. The summed E-state index contributed by atoms with van der Waals surface area (Å²) >= 11 is 5.05. The summed E-state index contributed by atoms with van der Waals surface area (Å²) in [5.74, 6) is 0.897. The minimum absolute atomic E-state index is 0.0259. The number of rotatable bonds is 7. The smallest absolute Gasteiger partial charge is 0.269 e. The molecular weight excluding hydrogens is 390 g/mol. The number of benzene rings is 2. The van der Waals surface area contributed by atoms with Crippen molar-refractivity contribution in [1.29, 1.82) is 0 Å². The fourth-order valence-corrected chi connectivity index (χ4v) is 2.40. The van der Waals surface area contributed by atoms with Gasteiger partial charge in [0.1, 0.15) is 11.5 Å². The van der Waals surface area contributed by atoms with Crippen molar-refractivity contribution in [2.45, 2.75) is 20.8 Å². The van der Waals surface area contributed by atoms with Crippen LogP contribution in [0.1, 0.15) is 41.5 Å².